The second-order valence-electron chi connectivity index (χ2n) is 4.85. The van der Waals surface area contributed by atoms with Crippen LogP contribution in [0.2, 0.25) is 0 Å². The van der Waals surface area contributed by atoms with Gasteiger partial charge >= 0.3 is 0 Å². The van der Waals surface area contributed by atoms with Gasteiger partial charge in [-0.05, 0) is 31.1 Å². The summed E-state index contributed by atoms with van der Waals surface area (Å²) >= 11 is 0. The molecule has 0 heterocycles. The Bertz CT molecular complexity index is 595. The summed E-state index contributed by atoms with van der Waals surface area (Å²) in [6.45, 7) is 6.21. The topological polar surface area (TPSA) is 20.3 Å². The molecule has 0 aromatic heterocycles. The molecule has 0 saturated carbocycles. The van der Waals surface area contributed by atoms with Crippen molar-refractivity contribution in [2.45, 2.75) is 13.8 Å². The van der Waals surface area contributed by atoms with Gasteiger partial charge in [0.1, 0.15) is 6.29 Å². The maximum atomic E-state index is 10.8. The molecule has 2 nitrogen and oxygen atoms in total. The number of aldehydes is 1. The normalized spacial score (nSPS) is 11.2. The van der Waals surface area contributed by atoms with Crippen molar-refractivity contribution < 1.29 is 4.79 Å². The second-order valence-corrected chi connectivity index (χ2v) is 4.85. The monoisotopic (exact) mass is 279 g/mol. The molecule has 0 atom stereocenters. The molecule has 0 unspecified atom stereocenters. The summed E-state index contributed by atoms with van der Waals surface area (Å²) in [7, 11) is 0. The highest BCUT2D eigenvalue weighted by Gasteiger charge is 2.08. The lowest BCUT2D eigenvalue weighted by Crippen LogP contribution is -2.21. The Balaban J connectivity index is 2.44. The highest BCUT2D eigenvalue weighted by molar-refractivity contribution is 5.82. The molecule has 0 amide bonds. The molecule has 2 aromatic rings. The summed E-state index contributed by atoms with van der Waals surface area (Å²) in [5, 5.41) is 0. The molecule has 2 rings (SSSR count). The van der Waals surface area contributed by atoms with Crippen LogP contribution in [0.5, 0.6) is 0 Å². The van der Waals surface area contributed by atoms with Crippen LogP contribution in [-0.2, 0) is 0 Å². The Hall–Kier alpha value is -2.35. The molecule has 0 aliphatic rings. The van der Waals surface area contributed by atoms with E-state index >= 15 is 0 Å². The van der Waals surface area contributed by atoms with Gasteiger partial charge in [-0.2, -0.15) is 0 Å². The van der Waals surface area contributed by atoms with E-state index in [2.05, 4.69) is 37.0 Å². The lowest BCUT2D eigenvalue weighted by molar-refractivity contribution is 0.112. The van der Waals surface area contributed by atoms with Crippen LogP contribution in [0.4, 0.5) is 0 Å². The fourth-order valence-corrected chi connectivity index (χ4v) is 2.36. The minimum atomic E-state index is 0.706. The van der Waals surface area contributed by atoms with Gasteiger partial charge in [0.2, 0.25) is 0 Å². The Morgan fingerprint density at radius 2 is 1.52 bits per heavy atom. The van der Waals surface area contributed by atoms with E-state index in [1.807, 2.05) is 42.5 Å². The van der Waals surface area contributed by atoms with E-state index in [0.717, 1.165) is 24.9 Å². The highest BCUT2D eigenvalue weighted by Crippen LogP contribution is 2.22. The first kappa shape index (κ1) is 15.0. The van der Waals surface area contributed by atoms with Crippen LogP contribution in [0, 0.1) is 0 Å². The molecule has 0 fully saturated rings. The van der Waals surface area contributed by atoms with Gasteiger partial charge < -0.3 is 4.90 Å². The maximum Gasteiger partial charge on any atom is 0.150 e. The molecule has 0 aliphatic heterocycles. The minimum absolute atomic E-state index is 0.706. The van der Waals surface area contributed by atoms with Crippen LogP contribution in [0.1, 0.15) is 35.3 Å². The van der Waals surface area contributed by atoms with Gasteiger partial charge in [-0.1, -0.05) is 54.6 Å². The first-order valence-electron chi connectivity index (χ1n) is 7.35. The van der Waals surface area contributed by atoms with Crippen LogP contribution in [0.3, 0.4) is 0 Å². The molecule has 21 heavy (non-hydrogen) atoms. The molecule has 0 saturated heterocycles. The molecule has 0 bridgehead atoms. The molecule has 2 aromatic carbocycles. The van der Waals surface area contributed by atoms with Gasteiger partial charge in [0.15, 0.2) is 0 Å². The van der Waals surface area contributed by atoms with E-state index < -0.39 is 0 Å². The maximum absolute atomic E-state index is 10.8. The lowest BCUT2D eigenvalue weighted by atomic mass is 10.1. The zero-order valence-electron chi connectivity index (χ0n) is 12.6. The Morgan fingerprint density at radius 1 is 0.905 bits per heavy atom. The second kappa shape index (κ2) is 7.44. The third-order valence-corrected chi connectivity index (χ3v) is 3.55. The van der Waals surface area contributed by atoms with E-state index in [0.29, 0.717) is 5.56 Å². The predicted molar refractivity (Wildman–Crippen MR) is 89.1 cm³/mol. The predicted octanol–water partition coefficient (Wildman–Crippen LogP) is 4.34. The number of carbonyl (C=O) groups is 1. The van der Waals surface area contributed by atoms with Crippen LogP contribution < -0.4 is 0 Å². The van der Waals surface area contributed by atoms with Crippen molar-refractivity contribution in [3.8, 4) is 0 Å². The summed E-state index contributed by atoms with van der Waals surface area (Å²) in [5.74, 6) is 0. The van der Waals surface area contributed by atoms with Gasteiger partial charge in [-0.15, -0.1) is 0 Å². The highest BCUT2D eigenvalue weighted by atomic mass is 16.1. The number of benzene rings is 2. The SMILES string of the molecule is CCN(CC)C(=Cc1ccccc1)c1ccc(C=O)cc1. The zero-order chi connectivity index (χ0) is 15.1. The summed E-state index contributed by atoms with van der Waals surface area (Å²) in [6, 6.07) is 18.1. The molecular formula is C19H21NO. The smallest absolute Gasteiger partial charge is 0.150 e. The summed E-state index contributed by atoms with van der Waals surface area (Å²) in [4.78, 5) is 13.1. The summed E-state index contributed by atoms with van der Waals surface area (Å²) < 4.78 is 0. The molecular weight excluding hydrogens is 258 g/mol. The molecule has 0 spiro atoms. The van der Waals surface area contributed by atoms with Gasteiger partial charge in [0, 0.05) is 24.4 Å². The fourth-order valence-electron chi connectivity index (χ4n) is 2.36. The first-order chi connectivity index (χ1) is 10.3. The minimum Gasteiger partial charge on any atom is -0.372 e. The van der Waals surface area contributed by atoms with Crippen molar-refractivity contribution in [3.63, 3.8) is 0 Å². The van der Waals surface area contributed by atoms with Crippen molar-refractivity contribution in [2.75, 3.05) is 13.1 Å². The average molecular weight is 279 g/mol. The van der Waals surface area contributed by atoms with Crippen LogP contribution in [0.15, 0.2) is 54.6 Å². The lowest BCUT2D eigenvalue weighted by Gasteiger charge is -2.25. The van der Waals surface area contributed by atoms with Crippen molar-refractivity contribution in [1.82, 2.24) is 4.90 Å². The van der Waals surface area contributed by atoms with E-state index in [9.17, 15) is 4.79 Å². The van der Waals surface area contributed by atoms with Crippen LogP contribution >= 0.6 is 0 Å². The molecule has 108 valence electrons. The van der Waals surface area contributed by atoms with E-state index in [1.165, 1.54) is 11.3 Å². The van der Waals surface area contributed by atoms with Gasteiger partial charge in [0.05, 0.1) is 0 Å². The van der Waals surface area contributed by atoms with E-state index in [1.54, 1.807) is 0 Å². The fraction of sp³-hybridized carbons (Fsp3) is 0.211. The van der Waals surface area contributed by atoms with Crippen LogP contribution in [0.25, 0.3) is 11.8 Å². The number of carbonyl (C=O) groups excluding carboxylic acids is 1. The quantitative estimate of drug-likeness (QED) is 0.579. The largest absolute Gasteiger partial charge is 0.372 e. The number of nitrogens with zero attached hydrogens (tertiary/aromatic N) is 1. The van der Waals surface area contributed by atoms with Crippen LogP contribution in [-0.4, -0.2) is 24.3 Å². The van der Waals surface area contributed by atoms with E-state index in [4.69, 9.17) is 0 Å². The third-order valence-electron chi connectivity index (χ3n) is 3.55. The van der Waals surface area contributed by atoms with Crippen molar-refractivity contribution in [3.05, 3.63) is 71.3 Å². The summed E-state index contributed by atoms with van der Waals surface area (Å²) in [5.41, 5.74) is 4.20. The van der Waals surface area contributed by atoms with Crippen molar-refractivity contribution >= 4 is 18.1 Å². The van der Waals surface area contributed by atoms with Gasteiger partial charge in [0.25, 0.3) is 0 Å². The summed E-state index contributed by atoms with van der Waals surface area (Å²) in [6.07, 6.45) is 3.07. The van der Waals surface area contributed by atoms with Gasteiger partial charge in [-0.3, -0.25) is 4.79 Å². The first-order valence-corrected chi connectivity index (χ1v) is 7.35. The van der Waals surface area contributed by atoms with Gasteiger partial charge in [-0.25, -0.2) is 0 Å². The van der Waals surface area contributed by atoms with Crippen molar-refractivity contribution in [2.24, 2.45) is 0 Å². The number of rotatable bonds is 6. The Labute approximate surface area is 126 Å². The van der Waals surface area contributed by atoms with E-state index in [-0.39, 0.29) is 0 Å². The zero-order valence-corrected chi connectivity index (χ0v) is 12.6. The average Bonchev–Trinajstić information content (AvgIpc) is 2.56. The number of hydrogen-bond donors (Lipinski definition) is 0. The van der Waals surface area contributed by atoms with Crippen molar-refractivity contribution in [1.29, 1.82) is 0 Å². The molecule has 0 aliphatic carbocycles. The Kier molecular flexibility index (Phi) is 5.33. The molecule has 0 radical (unpaired) electrons. The Morgan fingerprint density at radius 3 is 2.05 bits per heavy atom. The third kappa shape index (κ3) is 3.82. The molecule has 0 N–H and O–H groups in total. The molecule has 2 heteroatoms. The number of hydrogen-bond acceptors (Lipinski definition) is 2. The standard InChI is InChI=1S/C19H21NO/c1-3-20(4-2)19(14-16-8-6-5-7-9-16)18-12-10-17(15-21)11-13-18/h5-15H,3-4H2,1-2H3.